The lowest BCUT2D eigenvalue weighted by atomic mass is 10.1. The standard InChI is InChI=1S/C14H23N3O3S.ClH/c1-10-5-6-11(16-13(18)7-8-15)9-12(10)21(19,20)17-14(2,3)4;/h5-6,9,17H,7-8,15H2,1-4H3,(H,16,18);1H. The van der Waals surface area contributed by atoms with Crippen molar-refractivity contribution in [3.05, 3.63) is 23.8 Å². The zero-order chi connectivity index (χ0) is 16.3. The maximum Gasteiger partial charge on any atom is 0.241 e. The van der Waals surface area contributed by atoms with E-state index in [-0.39, 0.29) is 36.2 Å². The van der Waals surface area contributed by atoms with E-state index >= 15 is 0 Å². The van der Waals surface area contributed by atoms with Crippen molar-refractivity contribution >= 4 is 34.0 Å². The highest BCUT2D eigenvalue weighted by atomic mass is 35.5. The fraction of sp³-hybridized carbons (Fsp3) is 0.500. The Labute approximate surface area is 138 Å². The van der Waals surface area contributed by atoms with Gasteiger partial charge in [-0.15, -0.1) is 12.4 Å². The third-order valence-corrected chi connectivity index (χ3v) is 4.47. The first kappa shape index (κ1) is 20.9. The summed E-state index contributed by atoms with van der Waals surface area (Å²) in [5.74, 6) is -0.242. The Balaban J connectivity index is 0.00000441. The van der Waals surface area contributed by atoms with Gasteiger partial charge in [0, 0.05) is 24.2 Å². The number of amides is 1. The first-order valence-corrected chi connectivity index (χ1v) is 8.18. The lowest BCUT2D eigenvalue weighted by Gasteiger charge is -2.21. The van der Waals surface area contributed by atoms with Gasteiger partial charge in [-0.25, -0.2) is 13.1 Å². The Morgan fingerprint density at radius 2 is 1.86 bits per heavy atom. The third kappa shape index (κ3) is 6.31. The normalized spacial score (nSPS) is 11.7. The van der Waals surface area contributed by atoms with Crippen molar-refractivity contribution in [3.8, 4) is 0 Å². The quantitative estimate of drug-likeness (QED) is 0.754. The first-order chi connectivity index (χ1) is 9.55. The Kier molecular flexibility index (Phi) is 7.50. The average molecular weight is 350 g/mol. The Morgan fingerprint density at radius 3 is 2.36 bits per heavy atom. The summed E-state index contributed by atoms with van der Waals surface area (Å²) in [5, 5.41) is 2.63. The highest BCUT2D eigenvalue weighted by Crippen LogP contribution is 2.21. The predicted octanol–water partition coefficient (Wildman–Crippen LogP) is 1.78. The van der Waals surface area contributed by atoms with Crippen molar-refractivity contribution in [2.24, 2.45) is 5.73 Å². The number of rotatable bonds is 5. The Bertz CT molecular complexity index is 625. The fourth-order valence-corrected chi connectivity index (χ4v) is 3.47. The van der Waals surface area contributed by atoms with E-state index in [1.807, 2.05) is 0 Å². The number of hydrogen-bond acceptors (Lipinski definition) is 4. The summed E-state index contributed by atoms with van der Waals surface area (Å²) in [6.07, 6.45) is 0.191. The van der Waals surface area contributed by atoms with Gasteiger partial charge in [0.2, 0.25) is 15.9 Å². The molecule has 6 nitrogen and oxygen atoms in total. The van der Waals surface area contributed by atoms with Crippen molar-refractivity contribution in [2.75, 3.05) is 11.9 Å². The van der Waals surface area contributed by atoms with Crippen LogP contribution in [0.25, 0.3) is 0 Å². The van der Waals surface area contributed by atoms with Crippen LogP contribution in [0.1, 0.15) is 32.8 Å². The molecule has 0 bridgehead atoms. The average Bonchev–Trinajstić information content (AvgIpc) is 2.28. The van der Waals surface area contributed by atoms with Crippen LogP contribution in [-0.2, 0) is 14.8 Å². The molecule has 0 aliphatic rings. The molecule has 0 heterocycles. The molecule has 0 saturated carbocycles. The van der Waals surface area contributed by atoms with Crippen LogP contribution in [0.4, 0.5) is 5.69 Å². The molecule has 0 unspecified atom stereocenters. The number of halogens is 1. The molecule has 0 aromatic heterocycles. The van der Waals surface area contributed by atoms with E-state index in [9.17, 15) is 13.2 Å². The van der Waals surface area contributed by atoms with Crippen molar-refractivity contribution < 1.29 is 13.2 Å². The van der Waals surface area contributed by atoms with Crippen LogP contribution in [0.15, 0.2) is 23.1 Å². The zero-order valence-corrected chi connectivity index (χ0v) is 14.9. The highest BCUT2D eigenvalue weighted by Gasteiger charge is 2.23. The molecule has 0 aliphatic heterocycles. The van der Waals surface area contributed by atoms with Crippen LogP contribution in [0.3, 0.4) is 0 Å². The molecule has 8 heteroatoms. The van der Waals surface area contributed by atoms with Crippen molar-refractivity contribution in [1.29, 1.82) is 0 Å². The molecule has 4 N–H and O–H groups in total. The maximum absolute atomic E-state index is 12.4. The molecular formula is C14H24ClN3O3S. The molecule has 0 fully saturated rings. The number of carbonyl (C=O) groups is 1. The summed E-state index contributed by atoms with van der Waals surface area (Å²) in [6, 6.07) is 4.78. The topological polar surface area (TPSA) is 101 Å². The van der Waals surface area contributed by atoms with Gasteiger partial charge in [0.25, 0.3) is 0 Å². The van der Waals surface area contributed by atoms with E-state index in [1.165, 1.54) is 6.07 Å². The minimum Gasteiger partial charge on any atom is -0.330 e. The second kappa shape index (κ2) is 7.92. The molecule has 0 aliphatic carbocycles. The molecule has 0 spiro atoms. The lowest BCUT2D eigenvalue weighted by Crippen LogP contribution is -2.40. The molecule has 0 radical (unpaired) electrons. The first-order valence-electron chi connectivity index (χ1n) is 6.70. The van der Waals surface area contributed by atoms with Gasteiger partial charge in [-0.05, 0) is 45.4 Å². The van der Waals surface area contributed by atoms with Crippen LogP contribution in [0.5, 0.6) is 0 Å². The highest BCUT2D eigenvalue weighted by molar-refractivity contribution is 7.89. The van der Waals surface area contributed by atoms with Crippen molar-refractivity contribution in [2.45, 2.75) is 44.6 Å². The van der Waals surface area contributed by atoms with E-state index in [4.69, 9.17) is 5.73 Å². The molecule has 1 rings (SSSR count). The van der Waals surface area contributed by atoms with Crippen LogP contribution >= 0.6 is 12.4 Å². The minimum absolute atomic E-state index is 0. The summed E-state index contributed by atoms with van der Waals surface area (Å²) in [5.41, 5.74) is 5.78. The monoisotopic (exact) mass is 349 g/mol. The Hall–Kier alpha value is -1.15. The fourth-order valence-electron chi connectivity index (χ4n) is 1.78. The summed E-state index contributed by atoms with van der Waals surface area (Å²) in [7, 11) is -3.65. The Morgan fingerprint density at radius 1 is 1.27 bits per heavy atom. The SMILES string of the molecule is Cc1ccc(NC(=O)CCN)cc1S(=O)(=O)NC(C)(C)C.Cl. The van der Waals surface area contributed by atoms with Gasteiger partial charge in [-0.1, -0.05) is 6.07 Å². The van der Waals surface area contributed by atoms with Crippen LogP contribution < -0.4 is 15.8 Å². The predicted molar refractivity (Wildman–Crippen MR) is 90.8 cm³/mol. The van der Waals surface area contributed by atoms with E-state index in [0.717, 1.165) is 0 Å². The second-order valence-electron chi connectivity index (χ2n) is 5.92. The summed E-state index contributed by atoms with van der Waals surface area (Å²) >= 11 is 0. The third-order valence-electron chi connectivity index (χ3n) is 2.57. The number of anilines is 1. The van der Waals surface area contributed by atoms with Crippen LogP contribution in [0, 0.1) is 6.92 Å². The summed E-state index contributed by atoms with van der Waals surface area (Å²) in [6.45, 7) is 7.27. The molecule has 22 heavy (non-hydrogen) atoms. The number of sulfonamides is 1. The van der Waals surface area contributed by atoms with E-state index < -0.39 is 15.6 Å². The van der Waals surface area contributed by atoms with E-state index in [0.29, 0.717) is 11.3 Å². The lowest BCUT2D eigenvalue weighted by molar-refractivity contribution is -0.116. The van der Waals surface area contributed by atoms with E-state index in [1.54, 1.807) is 39.8 Å². The van der Waals surface area contributed by atoms with Gasteiger partial charge in [0.15, 0.2) is 0 Å². The van der Waals surface area contributed by atoms with Gasteiger partial charge in [-0.3, -0.25) is 4.79 Å². The summed E-state index contributed by atoms with van der Waals surface area (Å²) < 4.78 is 27.4. The van der Waals surface area contributed by atoms with Crippen molar-refractivity contribution in [1.82, 2.24) is 4.72 Å². The summed E-state index contributed by atoms with van der Waals surface area (Å²) in [4.78, 5) is 11.7. The minimum atomic E-state index is -3.65. The maximum atomic E-state index is 12.4. The number of benzene rings is 1. The molecule has 0 atom stereocenters. The second-order valence-corrected chi connectivity index (χ2v) is 7.57. The van der Waals surface area contributed by atoms with Crippen LogP contribution in [0.2, 0.25) is 0 Å². The molecule has 1 aromatic rings. The molecule has 1 aromatic carbocycles. The molecule has 1 amide bonds. The van der Waals surface area contributed by atoms with Gasteiger partial charge >= 0.3 is 0 Å². The molecule has 126 valence electrons. The smallest absolute Gasteiger partial charge is 0.241 e. The number of nitrogens with one attached hydrogen (secondary N) is 2. The zero-order valence-electron chi connectivity index (χ0n) is 13.3. The number of hydrogen-bond donors (Lipinski definition) is 3. The number of nitrogens with two attached hydrogens (primary N) is 1. The van der Waals surface area contributed by atoms with Gasteiger partial charge in [-0.2, -0.15) is 0 Å². The molecule has 0 saturated heterocycles. The number of carbonyl (C=O) groups excluding carboxylic acids is 1. The molecular weight excluding hydrogens is 326 g/mol. The van der Waals surface area contributed by atoms with Crippen molar-refractivity contribution in [3.63, 3.8) is 0 Å². The van der Waals surface area contributed by atoms with Crippen LogP contribution in [-0.4, -0.2) is 26.4 Å². The van der Waals surface area contributed by atoms with E-state index in [2.05, 4.69) is 10.0 Å². The number of aryl methyl sites for hydroxylation is 1. The largest absolute Gasteiger partial charge is 0.330 e. The van der Waals surface area contributed by atoms with Gasteiger partial charge in [0.1, 0.15) is 0 Å². The van der Waals surface area contributed by atoms with Gasteiger partial charge in [0.05, 0.1) is 4.90 Å². The van der Waals surface area contributed by atoms with Gasteiger partial charge < -0.3 is 11.1 Å².